The predicted molar refractivity (Wildman–Crippen MR) is 98.4 cm³/mol. The standard InChI is InChI=1S/C20H13F3N4O/c21-20(22,23)14-5-6-15-17(10-14)27-18(28)11-16(26-15)12-3-1-4-13(9-12)19-24-7-2-8-25-19/h1-10H,11H2,(H,27,28). The molecule has 1 aromatic heterocycles. The highest BCUT2D eigenvalue weighted by Gasteiger charge is 2.31. The van der Waals surface area contributed by atoms with Crippen LogP contribution in [0.15, 0.2) is 65.9 Å². The first-order valence-corrected chi connectivity index (χ1v) is 8.37. The minimum absolute atomic E-state index is 0.0392. The van der Waals surface area contributed by atoms with Crippen molar-refractivity contribution in [3.63, 3.8) is 0 Å². The van der Waals surface area contributed by atoms with E-state index < -0.39 is 17.6 Å². The van der Waals surface area contributed by atoms with Gasteiger partial charge in [0.25, 0.3) is 0 Å². The highest BCUT2D eigenvalue weighted by Crippen LogP contribution is 2.36. The van der Waals surface area contributed by atoms with Gasteiger partial charge < -0.3 is 5.32 Å². The van der Waals surface area contributed by atoms with Crippen LogP contribution in [0, 0.1) is 0 Å². The summed E-state index contributed by atoms with van der Waals surface area (Å²) in [5, 5.41) is 2.50. The first kappa shape index (κ1) is 17.8. The van der Waals surface area contributed by atoms with Crippen LogP contribution < -0.4 is 5.32 Å². The summed E-state index contributed by atoms with van der Waals surface area (Å²) in [6.07, 6.45) is -1.31. The van der Waals surface area contributed by atoms with Crippen LogP contribution in [-0.4, -0.2) is 21.6 Å². The molecule has 28 heavy (non-hydrogen) atoms. The van der Waals surface area contributed by atoms with Crippen LogP contribution in [-0.2, 0) is 11.0 Å². The molecule has 3 aromatic rings. The van der Waals surface area contributed by atoms with Crippen LogP contribution in [0.5, 0.6) is 0 Å². The highest BCUT2D eigenvalue weighted by molar-refractivity contribution is 6.17. The van der Waals surface area contributed by atoms with Crippen molar-refractivity contribution in [2.45, 2.75) is 12.6 Å². The number of alkyl halides is 3. The molecular formula is C20H13F3N4O. The summed E-state index contributed by atoms with van der Waals surface area (Å²) in [7, 11) is 0. The van der Waals surface area contributed by atoms with Gasteiger partial charge in [0.05, 0.1) is 29.1 Å². The topological polar surface area (TPSA) is 67.2 Å². The summed E-state index contributed by atoms with van der Waals surface area (Å²) < 4.78 is 38.8. The van der Waals surface area contributed by atoms with Crippen molar-refractivity contribution in [3.05, 3.63) is 72.1 Å². The van der Waals surface area contributed by atoms with Crippen molar-refractivity contribution in [2.75, 3.05) is 5.32 Å². The lowest BCUT2D eigenvalue weighted by molar-refractivity contribution is -0.137. The Balaban J connectivity index is 1.76. The first-order chi connectivity index (χ1) is 13.4. The van der Waals surface area contributed by atoms with Gasteiger partial charge in [-0.1, -0.05) is 18.2 Å². The Morgan fingerprint density at radius 1 is 0.929 bits per heavy atom. The molecular weight excluding hydrogens is 369 g/mol. The fourth-order valence-corrected chi connectivity index (χ4v) is 2.89. The zero-order valence-electron chi connectivity index (χ0n) is 14.4. The van der Waals surface area contributed by atoms with E-state index in [-0.39, 0.29) is 17.8 Å². The van der Waals surface area contributed by atoms with E-state index in [4.69, 9.17) is 0 Å². The minimum atomic E-state index is -4.50. The molecule has 0 spiro atoms. The number of hydrogen-bond donors (Lipinski definition) is 1. The van der Waals surface area contributed by atoms with Crippen LogP contribution in [0.2, 0.25) is 0 Å². The third-order valence-corrected chi connectivity index (χ3v) is 4.20. The molecule has 2 heterocycles. The number of carbonyl (C=O) groups excluding carboxylic acids is 1. The molecule has 140 valence electrons. The summed E-state index contributed by atoms with van der Waals surface area (Å²) in [5.41, 5.74) is 1.35. The number of aromatic nitrogens is 2. The second-order valence-corrected chi connectivity index (χ2v) is 6.17. The van der Waals surface area contributed by atoms with Gasteiger partial charge in [0.1, 0.15) is 0 Å². The maximum atomic E-state index is 12.9. The molecule has 0 aliphatic carbocycles. The van der Waals surface area contributed by atoms with Crippen LogP contribution in [0.1, 0.15) is 17.5 Å². The molecule has 5 nitrogen and oxygen atoms in total. The van der Waals surface area contributed by atoms with E-state index in [9.17, 15) is 18.0 Å². The molecule has 2 aromatic carbocycles. The minimum Gasteiger partial charge on any atom is -0.324 e. The molecule has 8 heteroatoms. The zero-order valence-corrected chi connectivity index (χ0v) is 14.4. The van der Waals surface area contributed by atoms with Gasteiger partial charge in [0, 0.05) is 18.0 Å². The summed E-state index contributed by atoms with van der Waals surface area (Å²) >= 11 is 0. The Kier molecular flexibility index (Phi) is 4.38. The van der Waals surface area contributed by atoms with Crippen molar-refractivity contribution in [1.29, 1.82) is 0 Å². The summed E-state index contributed by atoms with van der Waals surface area (Å²) in [6.45, 7) is 0. The van der Waals surface area contributed by atoms with Gasteiger partial charge in [0.15, 0.2) is 5.82 Å². The zero-order chi connectivity index (χ0) is 19.7. The third kappa shape index (κ3) is 3.62. The molecule has 4 rings (SSSR count). The molecule has 1 aliphatic rings. The fourth-order valence-electron chi connectivity index (χ4n) is 2.89. The van der Waals surface area contributed by atoms with Gasteiger partial charge in [-0.2, -0.15) is 13.2 Å². The number of nitrogens with one attached hydrogen (secondary N) is 1. The number of carbonyl (C=O) groups is 1. The van der Waals surface area contributed by atoms with Crippen LogP contribution >= 0.6 is 0 Å². The Bertz CT molecular complexity index is 1080. The lowest BCUT2D eigenvalue weighted by atomic mass is 10.0. The average Bonchev–Trinajstić information content (AvgIpc) is 2.85. The Morgan fingerprint density at radius 2 is 1.68 bits per heavy atom. The molecule has 0 saturated heterocycles. The number of anilines is 1. The van der Waals surface area contributed by atoms with Crippen molar-refractivity contribution in [1.82, 2.24) is 9.97 Å². The average molecular weight is 382 g/mol. The van der Waals surface area contributed by atoms with Gasteiger partial charge >= 0.3 is 6.18 Å². The highest BCUT2D eigenvalue weighted by atomic mass is 19.4. The van der Waals surface area contributed by atoms with Crippen LogP contribution in [0.25, 0.3) is 11.4 Å². The number of benzene rings is 2. The van der Waals surface area contributed by atoms with Gasteiger partial charge in [-0.05, 0) is 35.9 Å². The quantitative estimate of drug-likeness (QED) is 0.703. The largest absolute Gasteiger partial charge is 0.416 e. The van der Waals surface area contributed by atoms with Gasteiger partial charge in [0.2, 0.25) is 5.91 Å². The van der Waals surface area contributed by atoms with Gasteiger partial charge in [-0.15, -0.1) is 0 Å². The number of fused-ring (bicyclic) bond motifs is 1. The van der Waals surface area contributed by atoms with Crippen molar-refractivity contribution in [3.8, 4) is 11.4 Å². The lowest BCUT2D eigenvalue weighted by Gasteiger charge is -2.10. The van der Waals surface area contributed by atoms with E-state index in [0.717, 1.165) is 17.7 Å². The lowest BCUT2D eigenvalue weighted by Crippen LogP contribution is -2.15. The molecule has 1 amide bonds. The van der Waals surface area contributed by atoms with Crippen LogP contribution in [0.3, 0.4) is 0 Å². The number of nitrogens with zero attached hydrogens (tertiary/aromatic N) is 3. The summed E-state index contributed by atoms with van der Waals surface area (Å²) in [4.78, 5) is 25.1. The van der Waals surface area contributed by atoms with E-state index in [1.54, 1.807) is 36.7 Å². The number of halogens is 3. The second kappa shape index (κ2) is 6.88. The maximum absolute atomic E-state index is 12.9. The maximum Gasteiger partial charge on any atom is 0.416 e. The fraction of sp³-hybridized carbons (Fsp3) is 0.100. The number of hydrogen-bond acceptors (Lipinski definition) is 4. The van der Waals surface area contributed by atoms with Crippen molar-refractivity contribution < 1.29 is 18.0 Å². The molecule has 1 N–H and O–H groups in total. The smallest absolute Gasteiger partial charge is 0.324 e. The van der Waals surface area contributed by atoms with E-state index >= 15 is 0 Å². The Morgan fingerprint density at radius 3 is 2.43 bits per heavy atom. The van der Waals surface area contributed by atoms with Crippen LogP contribution in [0.4, 0.5) is 24.5 Å². The molecule has 0 unspecified atom stereocenters. The normalized spacial score (nSPS) is 14.0. The second-order valence-electron chi connectivity index (χ2n) is 6.17. The van der Waals surface area contributed by atoms with Gasteiger partial charge in [-0.25, -0.2) is 9.97 Å². The van der Waals surface area contributed by atoms with Crippen molar-refractivity contribution in [2.24, 2.45) is 4.99 Å². The number of rotatable bonds is 2. The molecule has 0 atom stereocenters. The van der Waals surface area contributed by atoms with Crippen molar-refractivity contribution >= 4 is 23.0 Å². The predicted octanol–water partition coefficient (Wildman–Crippen LogP) is 4.63. The molecule has 0 fully saturated rings. The van der Waals surface area contributed by atoms with E-state index in [1.807, 2.05) is 6.07 Å². The third-order valence-electron chi connectivity index (χ3n) is 4.20. The van der Waals surface area contributed by atoms with E-state index in [1.165, 1.54) is 6.07 Å². The van der Waals surface area contributed by atoms with E-state index in [0.29, 0.717) is 17.1 Å². The number of amides is 1. The van der Waals surface area contributed by atoms with Gasteiger partial charge in [-0.3, -0.25) is 9.79 Å². The van der Waals surface area contributed by atoms with E-state index in [2.05, 4.69) is 20.3 Å². The Labute approximate surface area is 158 Å². The molecule has 0 radical (unpaired) electrons. The Hall–Kier alpha value is -3.55. The monoisotopic (exact) mass is 382 g/mol. The first-order valence-electron chi connectivity index (χ1n) is 8.37. The molecule has 0 saturated carbocycles. The summed E-state index contributed by atoms with van der Waals surface area (Å²) in [5.74, 6) is 0.0939. The number of aliphatic imine (C=N–C) groups is 1. The molecule has 1 aliphatic heterocycles. The SMILES string of the molecule is O=C1CC(c2cccc(-c3ncccn3)c2)=Nc2ccc(C(F)(F)F)cc2N1. The molecule has 0 bridgehead atoms. The summed E-state index contributed by atoms with van der Waals surface area (Å²) in [6, 6.07) is 12.0.